The highest BCUT2D eigenvalue weighted by Gasteiger charge is 2.39. The van der Waals surface area contributed by atoms with Gasteiger partial charge in [-0.1, -0.05) is 90.5 Å². The van der Waals surface area contributed by atoms with E-state index in [1.54, 1.807) is 12.1 Å². The van der Waals surface area contributed by atoms with Crippen molar-refractivity contribution in [3.63, 3.8) is 0 Å². The predicted octanol–water partition coefficient (Wildman–Crippen LogP) is 6.79. The van der Waals surface area contributed by atoms with Crippen LogP contribution in [0.15, 0.2) is 120 Å². The quantitative estimate of drug-likeness (QED) is 0.237. The second-order valence-electron chi connectivity index (χ2n) is 10.6. The van der Waals surface area contributed by atoms with Gasteiger partial charge in [0.25, 0.3) is 10.0 Å². The number of para-hydroxylation sites is 1. The van der Waals surface area contributed by atoms with Gasteiger partial charge in [-0.2, -0.15) is 12.5 Å². The molecule has 206 valence electrons. The number of anilines is 3. The van der Waals surface area contributed by atoms with E-state index in [-0.39, 0.29) is 4.90 Å². The van der Waals surface area contributed by atoms with Gasteiger partial charge in [-0.25, -0.2) is 0 Å². The van der Waals surface area contributed by atoms with Crippen LogP contribution in [0.3, 0.4) is 0 Å². The van der Waals surface area contributed by atoms with Gasteiger partial charge in [0, 0.05) is 42.9 Å². The lowest BCUT2D eigenvalue weighted by Crippen LogP contribution is -2.32. The minimum atomic E-state index is -3.98. The summed E-state index contributed by atoms with van der Waals surface area (Å²) in [5.74, 6) is 0.503. The molecule has 0 bridgehead atoms. The van der Waals surface area contributed by atoms with Gasteiger partial charge >= 0.3 is 0 Å². The van der Waals surface area contributed by atoms with E-state index in [4.69, 9.17) is 5.10 Å². The van der Waals surface area contributed by atoms with Gasteiger partial charge < -0.3 is 10.2 Å². The Balaban J connectivity index is 1.55. The normalized spacial score (nSPS) is 16.3. The number of aryl methyl sites for hydroxylation is 1. The first-order valence-corrected chi connectivity index (χ1v) is 15.0. The molecule has 1 atom stereocenters. The van der Waals surface area contributed by atoms with E-state index < -0.39 is 15.4 Å². The van der Waals surface area contributed by atoms with Crippen molar-refractivity contribution in [2.75, 3.05) is 24.3 Å². The lowest BCUT2D eigenvalue weighted by Gasteiger charge is -2.35. The Kier molecular flexibility index (Phi) is 6.75. The monoisotopic (exact) mass is 560 g/mol. The van der Waals surface area contributed by atoms with E-state index in [1.165, 1.54) is 4.09 Å². The smallest absolute Gasteiger partial charge is 0.283 e. The predicted molar refractivity (Wildman–Crippen MR) is 166 cm³/mol. The molecule has 1 unspecified atom stereocenters. The van der Waals surface area contributed by atoms with Crippen molar-refractivity contribution in [1.29, 1.82) is 0 Å². The number of hydrogen-bond donors (Lipinski definition) is 1. The molecule has 0 saturated heterocycles. The molecule has 5 aromatic rings. The van der Waals surface area contributed by atoms with E-state index in [0.29, 0.717) is 17.9 Å². The molecule has 0 spiro atoms. The van der Waals surface area contributed by atoms with Gasteiger partial charge in [0.2, 0.25) is 0 Å². The van der Waals surface area contributed by atoms with Crippen LogP contribution in [0.1, 0.15) is 27.9 Å². The zero-order valence-corrected chi connectivity index (χ0v) is 24.1. The van der Waals surface area contributed by atoms with Crippen LogP contribution >= 0.6 is 0 Å². The third-order valence-electron chi connectivity index (χ3n) is 7.74. The van der Waals surface area contributed by atoms with Crippen molar-refractivity contribution >= 4 is 33.3 Å². The third kappa shape index (κ3) is 4.83. The molecule has 1 aliphatic rings. The van der Waals surface area contributed by atoms with E-state index in [1.807, 2.05) is 87.8 Å². The van der Waals surface area contributed by atoms with Crippen LogP contribution in [-0.4, -0.2) is 31.7 Å². The second kappa shape index (κ2) is 10.4. The summed E-state index contributed by atoms with van der Waals surface area (Å²) in [6.45, 7) is 1.94. The number of benzene rings is 4. The highest BCUT2D eigenvalue weighted by atomic mass is 32.2. The number of rotatable bonds is 7. The van der Waals surface area contributed by atoms with Gasteiger partial charge in [0.05, 0.1) is 10.6 Å². The fourth-order valence-corrected chi connectivity index (χ4v) is 6.77. The molecule has 0 aliphatic heterocycles. The SMILES string of the molecule is Cc1ccc(S(=O)(=O)n2nc(Nc3ccccc3)c3c2CC(c2ccccc2)(c2ccc(N(C)C)cc2)C=C3)cc1. The summed E-state index contributed by atoms with van der Waals surface area (Å²) in [6, 6.07) is 35.3. The number of nitrogens with one attached hydrogen (secondary N) is 1. The molecule has 7 heteroatoms. The van der Waals surface area contributed by atoms with Crippen molar-refractivity contribution in [2.45, 2.75) is 23.7 Å². The summed E-state index contributed by atoms with van der Waals surface area (Å²) in [7, 11) is 0.0606. The molecule has 0 amide bonds. The van der Waals surface area contributed by atoms with Crippen LogP contribution in [0.4, 0.5) is 17.2 Å². The van der Waals surface area contributed by atoms with Crippen molar-refractivity contribution in [2.24, 2.45) is 0 Å². The molecule has 1 heterocycles. The molecule has 1 aliphatic carbocycles. The summed E-state index contributed by atoms with van der Waals surface area (Å²) >= 11 is 0. The van der Waals surface area contributed by atoms with E-state index >= 15 is 0 Å². The fraction of sp³-hybridized carbons (Fsp3) is 0.147. The molecule has 6 rings (SSSR count). The van der Waals surface area contributed by atoms with Gasteiger partial charge in [0.1, 0.15) is 0 Å². The van der Waals surface area contributed by atoms with Gasteiger partial charge in [-0.05, 0) is 54.4 Å². The van der Waals surface area contributed by atoms with Crippen LogP contribution < -0.4 is 10.2 Å². The van der Waals surface area contributed by atoms with Gasteiger partial charge in [-0.3, -0.25) is 0 Å². The highest BCUT2D eigenvalue weighted by molar-refractivity contribution is 7.89. The van der Waals surface area contributed by atoms with Crippen molar-refractivity contribution < 1.29 is 8.42 Å². The summed E-state index contributed by atoms with van der Waals surface area (Å²) in [6.07, 6.45) is 4.62. The average molecular weight is 561 g/mol. The van der Waals surface area contributed by atoms with Crippen molar-refractivity contribution in [1.82, 2.24) is 9.19 Å². The molecular weight excluding hydrogens is 528 g/mol. The Hall–Kier alpha value is -4.62. The molecule has 1 N–H and O–H groups in total. The number of fused-ring (bicyclic) bond motifs is 1. The lowest BCUT2D eigenvalue weighted by molar-refractivity contribution is 0.565. The van der Waals surface area contributed by atoms with Crippen LogP contribution in [0.2, 0.25) is 0 Å². The zero-order valence-electron chi connectivity index (χ0n) is 23.3. The Bertz CT molecular complexity index is 1810. The van der Waals surface area contributed by atoms with Crippen LogP contribution in [-0.2, 0) is 21.9 Å². The Morgan fingerprint density at radius 2 is 1.41 bits per heavy atom. The molecule has 4 aromatic carbocycles. The largest absolute Gasteiger partial charge is 0.378 e. The molecule has 41 heavy (non-hydrogen) atoms. The minimum Gasteiger partial charge on any atom is -0.378 e. The Labute approximate surface area is 241 Å². The summed E-state index contributed by atoms with van der Waals surface area (Å²) < 4.78 is 29.5. The van der Waals surface area contributed by atoms with Crippen LogP contribution in [0, 0.1) is 6.92 Å². The summed E-state index contributed by atoms with van der Waals surface area (Å²) in [4.78, 5) is 2.27. The fourth-order valence-electron chi connectivity index (χ4n) is 5.45. The maximum absolute atomic E-state index is 14.1. The molecule has 0 radical (unpaired) electrons. The van der Waals surface area contributed by atoms with Crippen LogP contribution in [0.25, 0.3) is 6.08 Å². The number of aromatic nitrogens is 2. The van der Waals surface area contributed by atoms with E-state index in [0.717, 1.165) is 33.6 Å². The summed E-state index contributed by atoms with van der Waals surface area (Å²) in [5.41, 5.74) is 5.88. The lowest BCUT2D eigenvalue weighted by atomic mass is 9.68. The topological polar surface area (TPSA) is 67.2 Å². The van der Waals surface area contributed by atoms with Crippen molar-refractivity contribution in [3.05, 3.63) is 143 Å². The molecule has 1 aromatic heterocycles. The van der Waals surface area contributed by atoms with Gasteiger partial charge in [-0.15, -0.1) is 5.10 Å². The zero-order chi connectivity index (χ0) is 28.6. The number of allylic oxidation sites excluding steroid dienone is 1. The van der Waals surface area contributed by atoms with E-state index in [2.05, 4.69) is 52.7 Å². The highest BCUT2D eigenvalue weighted by Crippen LogP contribution is 2.44. The average Bonchev–Trinajstić information content (AvgIpc) is 3.36. The van der Waals surface area contributed by atoms with Crippen LogP contribution in [0.5, 0.6) is 0 Å². The maximum atomic E-state index is 14.1. The van der Waals surface area contributed by atoms with Gasteiger partial charge in [0.15, 0.2) is 5.82 Å². The Morgan fingerprint density at radius 3 is 2.05 bits per heavy atom. The third-order valence-corrected chi connectivity index (χ3v) is 9.36. The molecule has 6 nitrogen and oxygen atoms in total. The Morgan fingerprint density at radius 1 is 0.805 bits per heavy atom. The minimum absolute atomic E-state index is 0.204. The number of nitrogens with zero attached hydrogens (tertiary/aromatic N) is 3. The van der Waals surface area contributed by atoms with E-state index in [9.17, 15) is 8.42 Å². The molecular formula is C34H32N4O2S. The standard InChI is InChI=1S/C34H32N4O2S/c1-25-14-20-30(21-15-25)41(39,40)38-32-24-34(26-10-6-4-7-11-26,27-16-18-29(19-17-27)37(2)3)23-22-31(32)33(36-38)35-28-12-8-5-9-13-28/h4-23H,24H2,1-3H3,(H,35,36). The summed E-state index contributed by atoms with van der Waals surface area (Å²) in [5, 5.41) is 8.07. The number of hydrogen-bond acceptors (Lipinski definition) is 5. The van der Waals surface area contributed by atoms with Crippen molar-refractivity contribution in [3.8, 4) is 0 Å². The maximum Gasteiger partial charge on any atom is 0.283 e. The first kappa shape index (κ1) is 26.6. The second-order valence-corrected chi connectivity index (χ2v) is 12.4. The molecule has 0 saturated carbocycles. The first-order valence-electron chi connectivity index (χ1n) is 13.6. The molecule has 0 fully saturated rings. The first-order chi connectivity index (χ1) is 19.8.